The van der Waals surface area contributed by atoms with Gasteiger partial charge in [-0.25, -0.2) is 0 Å². The van der Waals surface area contributed by atoms with Crippen LogP contribution in [0, 0.1) is 58.2 Å². The van der Waals surface area contributed by atoms with Gasteiger partial charge in [0.05, 0.1) is 36.4 Å². The van der Waals surface area contributed by atoms with Crippen molar-refractivity contribution in [3.8, 4) is 6.07 Å². The normalized spacial score (nSPS) is 41.1. The van der Waals surface area contributed by atoms with E-state index in [1.165, 1.54) is 17.1 Å². The molecule has 1 heterocycles. The Hall–Kier alpha value is -1.59. The van der Waals surface area contributed by atoms with Gasteiger partial charge in [-0.05, 0) is 106 Å². The number of fused-ring (bicyclic) bond motifs is 5. The zero-order chi connectivity index (χ0) is 25.7. The molecule has 0 bridgehead atoms. The molecule has 5 rings (SSSR count). The molecule has 200 valence electrons. The SMILES string of the molecule is CCOC[C@@]1(O)CC[C@H]2[C@H](CC[C@@H]3[C@@H]2CC[C@]2(C)[C@@H](C(Cn4cc(C#N)cn4)C(F)(F)F)CC[C@@H]32)C1. The Kier molecular flexibility index (Phi) is 6.95. The molecule has 8 heteroatoms. The number of halogens is 3. The average Bonchev–Trinajstić information content (AvgIpc) is 3.44. The Bertz CT molecular complexity index is 974. The van der Waals surface area contributed by atoms with E-state index in [1.54, 1.807) is 0 Å². The molecule has 0 spiro atoms. The first-order valence-corrected chi connectivity index (χ1v) is 13.9. The second kappa shape index (κ2) is 9.62. The summed E-state index contributed by atoms with van der Waals surface area (Å²) in [4.78, 5) is 0. The van der Waals surface area contributed by atoms with Gasteiger partial charge in [0.25, 0.3) is 0 Å². The third-order valence-corrected chi connectivity index (χ3v) is 10.8. The number of aromatic nitrogens is 2. The third-order valence-electron chi connectivity index (χ3n) is 10.8. The largest absolute Gasteiger partial charge is 0.393 e. The Morgan fingerprint density at radius 1 is 1.17 bits per heavy atom. The number of nitrogens with zero attached hydrogens (tertiary/aromatic N) is 3. The number of aliphatic hydroxyl groups is 1. The van der Waals surface area contributed by atoms with E-state index < -0.39 is 23.6 Å². The Morgan fingerprint density at radius 2 is 1.94 bits per heavy atom. The molecule has 4 aliphatic carbocycles. The maximum Gasteiger partial charge on any atom is 0.393 e. The highest BCUT2D eigenvalue weighted by atomic mass is 19.4. The van der Waals surface area contributed by atoms with E-state index in [9.17, 15) is 18.3 Å². The van der Waals surface area contributed by atoms with Crippen LogP contribution in [-0.2, 0) is 11.3 Å². The van der Waals surface area contributed by atoms with Crippen LogP contribution in [0.1, 0.15) is 77.2 Å². The summed E-state index contributed by atoms with van der Waals surface area (Å²) in [5, 5.41) is 24.2. The van der Waals surface area contributed by atoms with Crippen LogP contribution in [0.25, 0.3) is 0 Å². The molecule has 1 N–H and O–H groups in total. The van der Waals surface area contributed by atoms with Crippen molar-refractivity contribution in [2.24, 2.45) is 46.8 Å². The molecule has 4 saturated carbocycles. The van der Waals surface area contributed by atoms with Gasteiger partial charge >= 0.3 is 6.18 Å². The lowest BCUT2D eigenvalue weighted by atomic mass is 9.48. The van der Waals surface area contributed by atoms with Gasteiger partial charge in [-0.1, -0.05) is 6.92 Å². The maximum absolute atomic E-state index is 14.5. The maximum atomic E-state index is 14.5. The summed E-state index contributed by atoms with van der Waals surface area (Å²) in [6, 6.07) is 1.96. The van der Waals surface area contributed by atoms with Crippen molar-refractivity contribution in [2.45, 2.75) is 90.0 Å². The van der Waals surface area contributed by atoms with Crippen LogP contribution >= 0.6 is 0 Å². The van der Waals surface area contributed by atoms with E-state index in [0.717, 1.165) is 51.4 Å². The van der Waals surface area contributed by atoms with Crippen molar-refractivity contribution in [1.82, 2.24) is 9.78 Å². The number of hydrogen-bond donors (Lipinski definition) is 1. The standard InChI is InChI=1S/C28H40F3N3O2/c1-3-36-17-27(35)11-9-20-19(12-27)4-5-22-21(20)8-10-26(2)23(22)6-7-24(26)25(28(29,30)31)16-34-15-18(13-32)14-33-34/h14-15,19-25,35H,3-12,16-17H2,1-2H3/t19-,20+,21-,22-,23+,24-,25?,26+,27-/m1/s1. The second-order valence-corrected chi connectivity index (χ2v) is 12.5. The Balaban J connectivity index is 1.32. The van der Waals surface area contributed by atoms with Gasteiger partial charge in [-0.15, -0.1) is 0 Å². The summed E-state index contributed by atoms with van der Waals surface area (Å²) in [7, 11) is 0. The molecule has 0 saturated heterocycles. The lowest BCUT2D eigenvalue weighted by Gasteiger charge is -2.57. The van der Waals surface area contributed by atoms with Crippen LogP contribution < -0.4 is 0 Å². The minimum absolute atomic E-state index is 0.213. The average molecular weight is 508 g/mol. The summed E-state index contributed by atoms with van der Waals surface area (Å²) in [5.41, 5.74) is -0.739. The predicted molar refractivity (Wildman–Crippen MR) is 129 cm³/mol. The van der Waals surface area contributed by atoms with Crippen LogP contribution in [0.15, 0.2) is 12.4 Å². The van der Waals surface area contributed by atoms with Crippen LogP contribution in [0.4, 0.5) is 13.2 Å². The van der Waals surface area contributed by atoms with Crippen molar-refractivity contribution in [3.05, 3.63) is 18.0 Å². The fraction of sp³-hybridized carbons (Fsp3) is 0.857. The first kappa shape index (κ1) is 26.0. The predicted octanol–water partition coefficient (Wildman–Crippen LogP) is 5.97. The molecule has 1 aromatic rings. The molecular weight excluding hydrogens is 467 g/mol. The van der Waals surface area contributed by atoms with Crippen molar-refractivity contribution in [2.75, 3.05) is 13.2 Å². The molecule has 1 unspecified atom stereocenters. The molecule has 36 heavy (non-hydrogen) atoms. The third kappa shape index (κ3) is 4.60. The van der Waals surface area contributed by atoms with E-state index in [0.29, 0.717) is 54.8 Å². The van der Waals surface area contributed by atoms with Gasteiger partial charge in [0, 0.05) is 12.8 Å². The fourth-order valence-electron chi connectivity index (χ4n) is 9.27. The molecule has 0 radical (unpaired) electrons. The highest BCUT2D eigenvalue weighted by molar-refractivity contribution is 5.21. The van der Waals surface area contributed by atoms with Crippen LogP contribution in [0.5, 0.6) is 0 Å². The van der Waals surface area contributed by atoms with Gasteiger partial charge in [-0.3, -0.25) is 4.68 Å². The van der Waals surface area contributed by atoms with Gasteiger partial charge < -0.3 is 9.84 Å². The van der Waals surface area contributed by atoms with Crippen molar-refractivity contribution >= 4 is 0 Å². The fourth-order valence-corrected chi connectivity index (χ4v) is 9.27. The van der Waals surface area contributed by atoms with E-state index >= 15 is 0 Å². The summed E-state index contributed by atoms with van der Waals surface area (Å²) < 4.78 is 50.2. The number of ether oxygens (including phenoxy) is 1. The molecule has 1 aromatic heterocycles. The van der Waals surface area contributed by atoms with E-state index in [4.69, 9.17) is 10.00 Å². The molecular formula is C28H40F3N3O2. The number of nitriles is 1. The van der Waals surface area contributed by atoms with Crippen LogP contribution in [0.2, 0.25) is 0 Å². The monoisotopic (exact) mass is 507 g/mol. The van der Waals surface area contributed by atoms with E-state index in [2.05, 4.69) is 12.0 Å². The van der Waals surface area contributed by atoms with Crippen molar-refractivity contribution < 1.29 is 23.0 Å². The van der Waals surface area contributed by atoms with Crippen LogP contribution in [0.3, 0.4) is 0 Å². The van der Waals surface area contributed by atoms with E-state index in [-0.39, 0.29) is 12.0 Å². The minimum Gasteiger partial charge on any atom is -0.387 e. The lowest BCUT2D eigenvalue weighted by molar-refractivity contribution is -0.209. The summed E-state index contributed by atoms with van der Waals surface area (Å²) in [5.74, 6) is 0.630. The first-order valence-electron chi connectivity index (χ1n) is 13.9. The number of rotatable bonds is 6. The van der Waals surface area contributed by atoms with Crippen molar-refractivity contribution in [1.29, 1.82) is 5.26 Å². The number of alkyl halides is 3. The first-order chi connectivity index (χ1) is 17.1. The van der Waals surface area contributed by atoms with Gasteiger partial charge in [-0.2, -0.15) is 23.5 Å². The highest BCUT2D eigenvalue weighted by Gasteiger charge is 2.62. The smallest absolute Gasteiger partial charge is 0.387 e. The molecule has 4 aliphatic rings. The zero-order valence-electron chi connectivity index (χ0n) is 21.5. The van der Waals surface area contributed by atoms with E-state index in [1.807, 2.05) is 13.0 Å². The number of hydrogen-bond acceptors (Lipinski definition) is 4. The second-order valence-electron chi connectivity index (χ2n) is 12.5. The summed E-state index contributed by atoms with van der Waals surface area (Å²) >= 11 is 0. The van der Waals surface area contributed by atoms with Crippen LogP contribution in [-0.4, -0.2) is 39.9 Å². The molecule has 0 aliphatic heterocycles. The van der Waals surface area contributed by atoms with Crippen molar-refractivity contribution in [3.63, 3.8) is 0 Å². The molecule has 0 aromatic carbocycles. The zero-order valence-corrected chi connectivity index (χ0v) is 21.5. The quantitative estimate of drug-likeness (QED) is 0.515. The highest BCUT2D eigenvalue weighted by Crippen LogP contribution is 2.66. The lowest BCUT2D eigenvalue weighted by Crippen LogP contribution is -2.53. The summed E-state index contributed by atoms with van der Waals surface area (Å²) in [6.45, 7) is 4.91. The van der Waals surface area contributed by atoms with Gasteiger partial charge in [0.2, 0.25) is 0 Å². The topological polar surface area (TPSA) is 71.1 Å². The molecule has 9 atom stereocenters. The van der Waals surface area contributed by atoms with Gasteiger partial charge in [0.15, 0.2) is 0 Å². The summed E-state index contributed by atoms with van der Waals surface area (Å²) in [6.07, 6.45) is 6.55. The minimum atomic E-state index is -4.30. The van der Waals surface area contributed by atoms with Gasteiger partial charge in [0.1, 0.15) is 6.07 Å². The molecule has 0 amide bonds. The molecule has 4 fully saturated rings. The Morgan fingerprint density at radius 3 is 2.64 bits per heavy atom. The Labute approximate surface area is 212 Å². The molecule has 5 nitrogen and oxygen atoms in total.